The molecule has 0 saturated heterocycles. The topological polar surface area (TPSA) is 73.6 Å². The van der Waals surface area contributed by atoms with E-state index in [2.05, 4.69) is 5.32 Å². The molecule has 5 nitrogen and oxygen atoms in total. The standard InChI is InChI=1S/C15H20N2O3.ClH/c16-8-11-3-1-2-4-12(11)17-15(18)10-5-6-13-14(7-10)20-9-19-13;/h5-7,11-12H,1-4,8-9,16H2,(H,17,18);1H. The van der Waals surface area contributed by atoms with Crippen LogP contribution in [0.1, 0.15) is 36.0 Å². The minimum absolute atomic E-state index is 0. The summed E-state index contributed by atoms with van der Waals surface area (Å²) >= 11 is 0. The minimum Gasteiger partial charge on any atom is -0.454 e. The van der Waals surface area contributed by atoms with Crippen LogP contribution in [0.4, 0.5) is 0 Å². The van der Waals surface area contributed by atoms with Gasteiger partial charge in [-0.25, -0.2) is 0 Å². The van der Waals surface area contributed by atoms with E-state index in [0.717, 1.165) is 19.3 Å². The number of rotatable bonds is 3. The van der Waals surface area contributed by atoms with Crippen LogP contribution in [-0.2, 0) is 0 Å². The third kappa shape index (κ3) is 3.41. The van der Waals surface area contributed by atoms with Crippen LogP contribution in [0, 0.1) is 5.92 Å². The second-order valence-corrected chi connectivity index (χ2v) is 5.43. The number of halogens is 1. The van der Waals surface area contributed by atoms with E-state index in [9.17, 15) is 4.79 Å². The predicted octanol–water partition coefficient (Wildman–Crippen LogP) is 2.08. The lowest BCUT2D eigenvalue weighted by Gasteiger charge is -2.31. The molecule has 1 amide bonds. The normalized spacial score (nSPS) is 23.3. The SMILES string of the molecule is Cl.NCC1CCCCC1NC(=O)c1ccc2c(c1)OCO2. The summed E-state index contributed by atoms with van der Waals surface area (Å²) in [6.45, 7) is 0.852. The zero-order chi connectivity index (χ0) is 13.9. The van der Waals surface area contributed by atoms with E-state index in [0.29, 0.717) is 29.5 Å². The van der Waals surface area contributed by atoms with Gasteiger partial charge in [-0.15, -0.1) is 12.4 Å². The Kier molecular flexibility index (Phi) is 5.31. The first-order valence-corrected chi connectivity index (χ1v) is 7.18. The van der Waals surface area contributed by atoms with Crippen molar-refractivity contribution in [1.29, 1.82) is 0 Å². The van der Waals surface area contributed by atoms with Gasteiger partial charge in [-0.05, 0) is 43.5 Å². The number of carbonyl (C=O) groups is 1. The van der Waals surface area contributed by atoms with Gasteiger partial charge in [-0.1, -0.05) is 12.8 Å². The van der Waals surface area contributed by atoms with Gasteiger partial charge < -0.3 is 20.5 Å². The first-order valence-electron chi connectivity index (χ1n) is 7.18. The van der Waals surface area contributed by atoms with Gasteiger partial charge in [0.1, 0.15) is 0 Å². The van der Waals surface area contributed by atoms with Crippen molar-refractivity contribution in [2.24, 2.45) is 11.7 Å². The Morgan fingerprint density at radius 1 is 1.24 bits per heavy atom. The van der Waals surface area contributed by atoms with Crippen LogP contribution in [0.2, 0.25) is 0 Å². The van der Waals surface area contributed by atoms with E-state index in [4.69, 9.17) is 15.2 Å². The molecule has 6 heteroatoms. The molecule has 116 valence electrons. The molecule has 2 aliphatic rings. The maximum atomic E-state index is 12.3. The number of hydrogen-bond acceptors (Lipinski definition) is 4. The second-order valence-electron chi connectivity index (χ2n) is 5.43. The highest BCUT2D eigenvalue weighted by molar-refractivity contribution is 5.95. The lowest BCUT2D eigenvalue weighted by molar-refractivity contribution is 0.0907. The van der Waals surface area contributed by atoms with Crippen molar-refractivity contribution in [1.82, 2.24) is 5.32 Å². The molecule has 1 aromatic carbocycles. The van der Waals surface area contributed by atoms with Gasteiger partial charge >= 0.3 is 0 Å². The summed E-state index contributed by atoms with van der Waals surface area (Å²) in [5.74, 6) is 1.66. The van der Waals surface area contributed by atoms with Crippen LogP contribution in [0.15, 0.2) is 18.2 Å². The van der Waals surface area contributed by atoms with E-state index in [1.54, 1.807) is 18.2 Å². The van der Waals surface area contributed by atoms with Gasteiger partial charge in [-0.3, -0.25) is 4.79 Å². The Balaban J connectivity index is 0.00000161. The monoisotopic (exact) mass is 312 g/mol. The van der Waals surface area contributed by atoms with Gasteiger partial charge in [0, 0.05) is 11.6 Å². The van der Waals surface area contributed by atoms with E-state index in [1.807, 2.05) is 0 Å². The molecule has 0 spiro atoms. The Hall–Kier alpha value is -1.46. The molecule has 1 aliphatic carbocycles. The number of carbonyl (C=O) groups excluding carboxylic acids is 1. The van der Waals surface area contributed by atoms with Gasteiger partial charge in [0.2, 0.25) is 6.79 Å². The molecule has 2 unspecified atom stereocenters. The van der Waals surface area contributed by atoms with Crippen molar-refractivity contribution in [2.45, 2.75) is 31.7 Å². The molecule has 2 atom stereocenters. The Labute approximate surface area is 130 Å². The number of nitrogens with two attached hydrogens (primary N) is 1. The summed E-state index contributed by atoms with van der Waals surface area (Å²) in [6.07, 6.45) is 4.47. The molecule has 0 aromatic heterocycles. The zero-order valence-electron chi connectivity index (χ0n) is 11.8. The van der Waals surface area contributed by atoms with Crippen LogP contribution in [0.3, 0.4) is 0 Å². The number of fused-ring (bicyclic) bond motifs is 1. The maximum Gasteiger partial charge on any atom is 0.251 e. The molecule has 0 radical (unpaired) electrons. The molecule has 1 saturated carbocycles. The summed E-state index contributed by atoms with van der Waals surface area (Å²) < 4.78 is 10.5. The minimum atomic E-state index is -0.0614. The smallest absolute Gasteiger partial charge is 0.251 e. The van der Waals surface area contributed by atoms with E-state index in [-0.39, 0.29) is 31.1 Å². The average molecular weight is 313 g/mol. The Bertz CT molecular complexity index is 510. The van der Waals surface area contributed by atoms with Crippen LogP contribution in [-0.4, -0.2) is 25.3 Å². The molecule has 3 rings (SSSR count). The molecular weight excluding hydrogens is 292 g/mol. The van der Waals surface area contributed by atoms with E-state index < -0.39 is 0 Å². The molecule has 3 N–H and O–H groups in total. The van der Waals surface area contributed by atoms with E-state index >= 15 is 0 Å². The highest BCUT2D eigenvalue weighted by atomic mass is 35.5. The fourth-order valence-corrected chi connectivity index (χ4v) is 2.97. The summed E-state index contributed by atoms with van der Waals surface area (Å²) in [4.78, 5) is 12.3. The van der Waals surface area contributed by atoms with Crippen LogP contribution < -0.4 is 20.5 Å². The summed E-state index contributed by atoms with van der Waals surface area (Å²) in [5, 5.41) is 3.11. The van der Waals surface area contributed by atoms with Crippen molar-refractivity contribution < 1.29 is 14.3 Å². The quantitative estimate of drug-likeness (QED) is 0.896. The first-order chi connectivity index (χ1) is 9.78. The Morgan fingerprint density at radius 3 is 2.81 bits per heavy atom. The average Bonchev–Trinajstić information content (AvgIpc) is 2.95. The second kappa shape index (κ2) is 7.00. The lowest BCUT2D eigenvalue weighted by atomic mass is 9.84. The summed E-state index contributed by atoms with van der Waals surface area (Å²) in [5.41, 5.74) is 6.40. The number of hydrogen-bond donors (Lipinski definition) is 2. The van der Waals surface area contributed by atoms with Crippen molar-refractivity contribution >= 4 is 18.3 Å². The number of nitrogens with one attached hydrogen (secondary N) is 1. The van der Waals surface area contributed by atoms with Crippen LogP contribution in [0.25, 0.3) is 0 Å². The molecular formula is C15H21ClN2O3. The van der Waals surface area contributed by atoms with Gasteiger partial charge in [-0.2, -0.15) is 0 Å². The number of amides is 1. The molecule has 1 aliphatic heterocycles. The van der Waals surface area contributed by atoms with Gasteiger partial charge in [0.25, 0.3) is 5.91 Å². The molecule has 1 heterocycles. The predicted molar refractivity (Wildman–Crippen MR) is 82.1 cm³/mol. The largest absolute Gasteiger partial charge is 0.454 e. The third-order valence-corrected chi connectivity index (χ3v) is 4.16. The first kappa shape index (κ1) is 15.9. The highest BCUT2D eigenvalue weighted by Gasteiger charge is 2.26. The number of ether oxygens (including phenoxy) is 2. The fraction of sp³-hybridized carbons (Fsp3) is 0.533. The number of benzene rings is 1. The van der Waals surface area contributed by atoms with Crippen molar-refractivity contribution in [3.05, 3.63) is 23.8 Å². The van der Waals surface area contributed by atoms with Crippen LogP contribution >= 0.6 is 12.4 Å². The Morgan fingerprint density at radius 2 is 2.00 bits per heavy atom. The summed E-state index contributed by atoms with van der Waals surface area (Å²) in [7, 11) is 0. The maximum absolute atomic E-state index is 12.3. The third-order valence-electron chi connectivity index (χ3n) is 4.16. The molecule has 0 bridgehead atoms. The zero-order valence-corrected chi connectivity index (χ0v) is 12.7. The van der Waals surface area contributed by atoms with Crippen molar-refractivity contribution in [2.75, 3.05) is 13.3 Å². The van der Waals surface area contributed by atoms with Crippen LogP contribution in [0.5, 0.6) is 11.5 Å². The molecule has 21 heavy (non-hydrogen) atoms. The highest BCUT2D eigenvalue weighted by Crippen LogP contribution is 2.32. The molecule has 1 fully saturated rings. The van der Waals surface area contributed by atoms with Gasteiger partial charge in [0.15, 0.2) is 11.5 Å². The fourth-order valence-electron chi connectivity index (χ4n) is 2.97. The summed E-state index contributed by atoms with van der Waals surface area (Å²) in [6, 6.07) is 5.46. The lowest BCUT2D eigenvalue weighted by Crippen LogP contribution is -2.44. The van der Waals surface area contributed by atoms with E-state index in [1.165, 1.54) is 6.42 Å². The molecule has 1 aromatic rings. The van der Waals surface area contributed by atoms with Crippen molar-refractivity contribution in [3.63, 3.8) is 0 Å². The van der Waals surface area contributed by atoms with Gasteiger partial charge in [0.05, 0.1) is 0 Å². The van der Waals surface area contributed by atoms with Crippen molar-refractivity contribution in [3.8, 4) is 11.5 Å².